The van der Waals surface area contributed by atoms with Crippen molar-refractivity contribution in [3.05, 3.63) is 11.1 Å². The van der Waals surface area contributed by atoms with Gasteiger partial charge in [-0.1, -0.05) is 0 Å². The van der Waals surface area contributed by atoms with Gasteiger partial charge in [-0.2, -0.15) is 26.3 Å². The second-order valence-electron chi connectivity index (χ2n) is 4.25. The Bertz CT molecular complexity index is 473. The van der Waals surface area contributed by atoms with E-state index in [1.165, 1.54) is 0 Å². The van der Waals surface area contributed by atoms with Crippen LogP contribution in [0.3, 0.4) is 0 Å². The summed E-state index contributed by atoms with van der Waals surface area (Å²) < 4.78 is 80.2. The summed E-state index contributed by atoms with van der Waals surface area (Å²) in [4.78, 5) is 22.3. The van der Waals surface area contributed by atoms with E-state index in [1.54, 1.807) is 0 Å². The lowest BCUT2D eigenvalue weighted by atomic mass is 9.75. The number of hydrogen-bond donors (Lipinski definition) is 0. The van der Waals surface area contributed by atoms with Crippen molar-refractivity contribution in [1.82, 2.24) is 0 Å². The second-order valence-corrected chi connectivity index (χ2v) is 4.25. The van der Waals surface area contributed by atoms with E-state index < -0.39 is 60.1 Å². The third kappa shape index (κ3) is 2.21. The molecular formula is C10H6F6O3. The molecule has 1 fully saturated rings. The zero-order valence-corrected chi connectivity index (χ0v) is 9.06. The SMILES string of the molecule is O=C1OC(=O)[C@H]2CCC(C(F)(F)F)=C(C(F)(F)F)[C@@H]12. The third-order valence-corrected chi connectivity index (χ3v) is 3.15. The van der Waals surface area contributed by atoms with Crippen molar-refractivity contribution in [1.29, 1.82) is 0 Å². The first-order chi connectivity index (χ1) is 8.53. The lowest BCUT2D eigenvalue weighted by Crippen LogP contribution is -2.36. The monoisotopic (exact) mass is 288 g/mol. The van der Waals surface area contributed by atoms with Gasteiger partial charge < -0.3 is 4.74 Å². The molecule has 0 spiro atoms. The number of rotatable bonds is 0. The van der Waals surface area contributed by atoms with Crippen LogP contribution in [-0.2, 0) is 14.3 Å². The van der Waals surface area contributed by atoms with Gasteiger partial charge in [0.1, 0.15) is 5.92 Å². The van der Waals surface area contributed by atoms with E-state index in [0.717, 1.165) is 0 Å². The molecule has 106 valence electrons. The van der Waals surface area contributed by atoms with Crippen LogP contribution >= 0.6 is 0 Å². The molecule has 1 heterocycles. The highest BCUT2D eigenvalue weighted by molar-refractivity contribution is 5.98. The van der Waals surface area contributed by atoms with E-state index in [4.69, 9.17) is 0 Å². The number of allylic oxidation sites excluding steroid dienone is 1. The summed E-state index contributed by atoms with van der Waals surface area (Å²) in [5.41, 5.74) is -3.79. The average molecular weight is 288 g/mol. The van der Waals surface area contributed by atoms with E-state index in [2.05, 4.69) is 4.74 Å². The van der Waals surface area contributed by atoms with Crippen LogP contribution in [0.5, 0.6) is 0 Å². The topological polar surface area (TPSA) is 43.4 Å². The van der Waals surface area contributed by atoms with Crippen molar-refractivity contribution in [3.63, 3.8) is 0 Å². The quantitative estimate of drug-likeness (QED) is 0.298. The van der Waals surface area contributed by atoms with E-state index in [0.29, 0.717) is 0 Å². The molecule has 0 aromatic heterocycles. The van der Waals surface area contributed by atoms with Gasteiger partial charge >= 0.3 is 24.3 Å². The normalized spacial score (nSPS) is 28.5. The molecule has 0 radical (unpaired) electrons. The molecule has 0 aromatic carbocycles. The number of fused-ring (bicyclic) bond motifs is 1. The predicted octanol–water partition coefficient (Wildman–Crippen LogP) is 2.52. The van der Waals surface area contributed by atoms with Gasteiger partial charge in [0.25, 0.3) is 0 Å². The van der Waals surface area contributed by atoms with Gasteiger partial charge in [-0.05, 0) is 12.8 Å². The van der Waals surface area contributed by atoms with E-state index >= 15 is 0 Å². The van der Waals surface area contributed by atoms with Gasteiger partial charge in [0.05, 0.1) is 11.5 Å². The highest BCUT2D eigenvalue weighted by Gasteiger charge is 2.59. The number of cyclic esters (lactones) is 2. The molecule has 0 aromatic rings. The van der Waals surface area contributed by atoms with Crippen LogP contribution in [0.15, 0.2) is 11.1 Å². The summed E-state index contributed by atoms with van der Waals surface area (Å²) in [7, 11) is 0. The summed E-state index contributed by atoms with van der Waals surface area (Å²) in [5.74, 6) is -6.44. The molecule has 2 aliphatic rings. The van der Waals surface area contributed by atoms with Crippen molar-refractivity contribution < 1.29 is 40.7 Å². The molecule has 9 heteroatoms. The molecule has 1 saturated heterocycles. The van der Waals surface area contributed by atoms with Gasteiger partial charge in [-0.25, -0.2) is 0 Å². The van der Waals surface area contributed by atoms with Crippen molar-refractivity contribution >= 4 is 11.9 Å². The Morgan fingerprint density at radius 3 is 2.00 bits per heavy atom. The van der Waals surface area contributed by atoms with Gasteiger partial charge in [0.2, 0.25) is 0 Å². The van der Waals surface area contributed by atoms with Crippen LogP contribution in [0.4, 0.5) is 26.3 Å². The van der Waals surface area contributed by atoms with Crippen molar-refractivity contribution in [2.45, 2.75) is 25.2 Å². The smallest absolute Gasteiger partial charge is 0.392 e. The lowest BCUT2D eigenvalue weighted by Gasteiger charge is -2.29. The van der Waals surface area contributed by atoms with Crippen LogP contribution in [-0.4, -0.2) is 24.3 Å². The van der Waals surface area contributed by atoms with E-state index in [1.807, 2.05) is 0 Å². The van der Waals surface area contributed by atoms with Crippen LogP contribution in [0.25, 0.3) is 0 Å². The number of carbonyl (C=O) groups is 2. The third-order valence-electron chi connectivity index (χ3n) is 3.15. The maximum atomic E-state index is 12.8. The fraction of sp³-hybridized carbons (Fsp3) is 0.600. The highest BCUT2D eigenvalue weighted by Crippen LogP contribution is 2.50. The average Bonchev–Trinajstić information content (AvgIpc) is 2.51. The number of alkyl halides is 6. The van der Waals surface area contributed by atoms with Crippen LogP contribution in [0, 0.1) is 11.8 Å². The number of ether oxygens (including phenoxy) is 1. The molecule has 0 unspecified atom stereocenters. The van der Waals surface area contributed by atoms with E-state index in [9.17, 15) is 35.9 Å². The summed E-state index contributed by atoms with van der Waals surface area (Å²) >= 11 is 0. The minimum absolute atomic E-state index is 0.482. The fourth-order valence-electron chi connectivity index (χ4n) is 2.41. The van der Waals surface area contributed by atoms with Crippen LogP contribution in [0.1, 0.15) is 12.8 Å². The Kier molecular flexibility index (Phi) is 2.90. The molecule has 2 rings (SSSR count). The van der Waals surface area contributed by atoms with Gasteiger partial charge in [0.15, 0.2) is 0 Å². The lowest BCUT2D eigenvalue weighted by molar-refractivity contribution is -0.154. The molecule has 0 bridgehead atoms. The van der Waals surface area contributed by atoms with Crippen LogP contribution < -0.4 is 0 Å². The molecule has 2 atom stereocenters. The molecule has 0 saturated carbocycles. The van der Waals surface area contributed by atoms with Crippen LogP contribution in [0.2, 0.25) is 0 Å². The largest absolute Gasteiger partial charge is 0.413 e. The molecule has 0 amide bonds. The summed E-state index contributed by atoms with van der Waals surface area (Å²) in [6.07, 6.45) is -12.0. The second kappa shape index (κ2) is 3.97. The Morgan fingerprint density at radius 1 is 0.947 bits per heavy atom. The van der Waals surface area contributed by atoms with E-state index in [-0.39, 0.29) is 0 Å². The molecular weight excluding hydrogens is 282 g/mol. The molecule has 3 nitrogen and oxygen atoms in total. The Morgan fingerprint density at radius 2 is 1.53 bits per heavy atom. The number of halogens is 6. The Balaban J connectivity index is 2.61. The maximum Gasteiger partial charge on any atom is 0.413 e. The van der Waals surface area contributed by atoms with Gasteiger partial charge in [-0.15, -0.1) is 0 Å². The zero-order valence-electron chi connectivity index (χ0n) is 9.06. The van der Waals surface area contributed by atoms with Crippen molar-refractivity contribution in [2.75, 3.05) is 0 Å². The first kappa shape index (κ1) is 13.9. The molecule has 1 aliphatic carbocycles. The number of carbonyl (C=O) groups excluding carboxylic acids is 2. The van der Waals surface area contributed by atoms with Gasteiger partial charge in [0, 0.05) is 5.57 Å². The van der Waals surface area contributed by atoms with Gasteiger partial charge in [-0.3, -0.25) is 9.59 Å². The predicted molar refractivity (Wildman–Crippen MR) is 46.4 cm³/mol. The Labute approximate surface area is 102 Å². The molecule has 0 N–H and O–H groups in total. The summed E-state index contributed by atoms with van der Waals surface area (Å²) in [6, 6.07) is 0. The molecule has 19 heavy (non-hydrogen) atoms. The zero-order chi connectivity index (χ0) is 14.6. The maximum absolute atomic E-state index is 12.8. The summed E-state index contributed by atoms with van der Waals surface area (Å²) in [6.45, 7) is 0. The molecule has 1 aliphatic heterocycles. The van der Waals surface area contributed by atoms with Crippen molar-refractivity contribution in [2.24, 2.45) is 11.8 Å². The standard InChI is InChI=1S/C10H6F6O3/c11-9(12,13)4-2-1-3-5(6(4)10(14,15)16)8(18)19-7(3)17/h3,5H,1-2H2/t3-,5-/m0/s1. The number of esters is 2. The first-order valence-corrected chi connectivity index (χ1v) is 5.16. The first-order valence-electron chi connectivity index (χ1n) is 5.16. The fourth-order valence-corrected chi connectivity index (χ4v) is 2.41. The summed E-state index contributed by atoms with van der Waals surface area (Å²) in [5, 5.41) is 0. The van der Waals surface area contributed by atoms with Crippen molar-refractivity contribution in [3.8, 4) is 0 Å². The Hall–Kier alpha value is -1.54. The number of hydrogen-bond acceptors (Lipinski definition) is 3. The minimum atomic E-state index is -5.34. The highest BCUT2D eigenvalue weighted by atomic mass is 19.4. The minimum Gasteiger partial charge on any atom is -0.392 e.